The van der Waals surface area contributed by atoms with Gasteiger partial charge in [-0.1, -0.05) is 0 Å². The van der Waals surface area contributed by atoms with Gasteiger partial charge in [0.2, 0.25) is 0 Å². The summed E-state index contributed by atoms with van der Waals surface area (Å²) in [4.78, 5) is 2.67. The molecule has 2 fully saturated rings. The second-order valence-corrected chi connectivity index (χ2v) is 5.61. The fourth-order valence-corrected chi connectivity index (χ4v) is 3.32. The maximum Gasteiger partial charge on any atom is 0.0462 e. The molecule has 0 spiro atoms. The molecule has 1 N–H and O–H groups in total. The number of unbranched alkanes of at least 4 members (excludes halogenated alkanes) is 1. The number of nitrogens with zero attached hydrogens (tertiary/aromatic N) is 1. The Hall–Kier alpha value is -0.120. The van der Waals surface area contributed by atoms with Crippen molar-refractivity contribution in [3.8, 4) is 0 Å². The van der Waals surface area contributed by atoms with Crippen LogP contribution in [0.4, 0.5) is 0 Å². The van der Waals surface area contributed by atoms with Crippen LogP contribution >= 0.6 is 0 Å². The Morgan fingerprint density at radius 1 is 1.24 bits per heavy atom. The fourth-order valence-electron chi connectivity index (χ4n) is 3.32. The maximum atomic E-state index is 5.11. The SMILES string of the molecule is COCCCCN1CCCC(C2CCCN2)C1. The van der Waals surface area contributed by atoms with Crippen molar-refractivity contribution >= 4 is 0 Å². The Kier molecular flexibility index (Phi) is 5.75. The quantitative estimate of drug-likeness (QED) is 0.717. The fraction of sp³-hybridized carbons (Fsp3) is 1.00. The Morgan fingerprint density at radius 2 is 2.18 bits per heavy atom. The monoisotopic (exact) mass is 240 g/mol. The van der Waals surface area contributed by atoms with E-state index in [1.807, 2.05) is 0 Å². The van der Waals surface area contributed by atoms with E-state index >= 15 is 0 Å². The molecule has 0 bridgehead atoms. The highest BCUT2D eigenvalue weighted by atomic mass is 16.5. The molecule has 17 heavy (non-hydrogen) atoms. The van der Waals surface area contributed by atoms with Crippen molar-refractivity contribution in [1.82, 2.24) is 10.2 Å². The summed E-state index contributed by atoms with van der Waals surface area (Å²) in [6, 6.07) is 0.816. The van der Waals surface area contributed by atoms with Crippen molar-refractivity contribution in [2.75, 3.05) is 39.9 Å². The molecule has 3 nitrogen and oxygen atoms in total. The summed E-state index contributed by atoms with van der Waals surface area (Å²) in [6.07, 6.45) is 8.12. The van der Waals surface area contributed by atoms with Gasteiger partial charge in [0, 0.05) is 26.3 Å². The standard InChI is InChI=1S/C14H28N2O/c1-17-11-3-2-9-16-10-5-6-13(12-16)14-7-4-8-15-14/h13-15H,2-12H2,1H3. The zero-order valence-corrected chi connectivity index (χ0v) is 11.3. The van der Waals surface area contributed by atoms with E-state index in [2.05, 4.69) is 10.2 Å². The third kappa shape index (κ3) is 4.23. The molecule has 0 saturated carbocycles. The maximum absolute atomic E-state index is 5.11. The van der Waals surface area contributed by atoms with E-state index in [4.69, 9.17) is 4.74 Å². The largest absolute Gasteiger partial charge is 0.385 e. The summed E-state index contributed by atoms with van der Waals surface area (Å²) in [5, 5.41) is 3.68. The van der Waals surface area contributed by atoms with Crippen LogP contribution in [0.5, 0.6) is 0 Å². The highest BCUT2D eigenvalue weighted by Crippen LogP contribution is 2.24. The van der Waals surface area contributed by atoms with Crippen LogP contribution in [0.25, 0.3) is 0 Å². The lowest BCUT2D eigenvalue weighted by molar-refractivity contribution is 0.141. The molecule has 2 rings (SSSR count). The zero-order valence-electron chi connectivity index (χ0n) is 11.3. The Balaban J connectivity index is 1.65. The molecule has 0 aromatic heterocycles. The van der Waals surface area contributed by atoms with Gasteiger partial charge in [0.1, 0.15) is 0 Å². The first kappa shape index (κ1) is 13.3. The van der Waals surface area contributed by atoms with Crippen LogP contribution in [-0.2, 0) is 4.74 Å². The first-order chi connectivity index (χ1) is 8.40. The van der Waals surface area contributed by atoms with Gasteiger partial charge in [-0.3, -0.25) is 0 Å². The number of piperidine rings is 1. The van der Waals surface area contributed by atoms with Gasteiger partial charge >= 0.3 is 0 Å². The summed E-state index contributed by atoms with van der Waals surface area (Å²) >= 11 is 0. The minimum absolute atomic E-state index is 0.816. The molecule has 2 aliphatic heterocycles. The van der Waals surface area contributed by atoms with Gasteiger partial charge in [-0.05, 0) is 64.1 Å². The minimum Gasteiger partial charge on any atom is -0.385 e. The molecule has 0 aliphatic carbocycles. The van der Waals surface area contributed by atoms with E-state index in [1.54, 1.807) is 7.11 Å². The van der Waals surface area contributed by atoms with Crippen LogP contribution in [0.2, 0.25) is 0 Å². The van der Waals surface area contributed by atoms with Gasteiger partial charge in [-0.15, -0.1) is 0 Å². The molecule has 2 heterocycles. The van der Waals surface area contributed by atoms with Crippen molar-refractivity contribution in [2.45, 2.75) is 44.6 Å². The summed E-state index contributed by atoms with van der Waals surface area (Å²) < 4.78 is 5.11. The van der Waals surface area contributed by atoms with Crippen molar-refractivity contribution in [2.24, 2.45) is 5.92 Å². The predicted octanol–water partition coefficient (Wildman–Crippen LogP) is 1.88. The summed E-state index contributed by atoms with van der Waals surface area (Å²) in [5.74, 6) is 0.911. The van der Waals surface area contributed by atoms with Gasteiger partial charge in [-0.2, -0.15) is 0 Å². The molecule has 0 aromatic carbocycles. The number of hydrogen-bond donors (Lipinski definition) is 1. The summed E-state index contributed by atoms with van der Waals surface area (Å²) in [5.41, 5.74) is 0. The van der Waals surface area contributed by atoms with E-state index in [-0.39, 0.29) is 0 Å². The molecule has 100 valence electrons. The van der Waals surface area contributed by atoms with E-state index < -0.39 is 0 Å². The average Bonchev–Trinajstić information content (AvgIpc) is 2.89. The van der Waals surface area contributed by atoms with Crippen molar-refractivity contribution in [3.63, 3.8) is 0 Å². The number of methoxy groups -OCH3 is 1. The van der Waals surface area contributed by atoms with Crippen LogP contribution < -0.4 is 5.32 Å². The molecule has 2 aliphatic rings. The van der Waals surface area contributed by atoms with Crippen molar-refractivity contribution < 1.29 is 4.74 Å². The van der Waals surface area contributed by atoms with Gasteiger partial charge in [-0.25, -0.2) is 0 Å². The second kappa shape index (κ2) is 7.34. The molecule has 2 saturated heterocycles. The third-order valence-corrected chi connectivity index (χ3v) is 4.28. The molecule has 0 aromatic rings. The van der Waals surface area contributed by atoms with Crippen molar-refractivity contribution in [1.29, 1.82) is 0 Å². The summed E-state index contributed by atoms with van der Waals surface area (Å²) in [7, 11) is 1.79. The normalized spacial score (nSPS) is 30.9. The lowest BCUT2D eigenvalue weighted by Crippen LogP contribution is -2.43. The highest BCUT2D eigenvalue weighted by molar-refractivity contribution is 4.86. The molecular weight excluding hydrogens is 212 g/mol. The molecule has 0 radical (unpaired) electrons. The first-order valence-electron chi connectivity index (χ1n) is 7.35. The molecule has 2 unspecified atom stereocenters. The van der Waals surface area contributed by atoms with E-state index in [1.165, 1.54) is 64.7 Å². The zero-order chi connectivity index (χ0) is 11.9. The van der Waals surface area contributed by atoms with Gasteiger partial charge < -0.3 is 15.0 Å². The van der Waals surface area contributed by atoms with Crippen LogP contribution in [0.1, 0.15) is 38.5 Å². The highest BCUT2D eigenvalue weighted by Gasteiger charge is 2.28. The van der Waals surface area contributed by atoms with Crippen LogP contribution in [0.3, 0.4) is 0 Å². The first-order valence-corrected chi connectivity index (χ1v) is 7.35. The number of likely N-dealkylation sites (tertiary alicyclic amines) is 1. The summed E-state index contributed by atoms with van der Waals surface area (Å²) in [6.45, 7) is 6.07. The van der Waals surface area contributed by atoms with Gasteiger partial charge in [0.25, 0.3) is 0 Å². The number of ether oxygens (including phenoxy) is 1. The van der Waals surface area contributed by atoms with Crippen LogP contribution in [0.15, 0.2) is 0 Å². The predicted molar refractivity (Wildman–Crippen MR) is 71.3 cm³/mol. The Morgan fingerprint density at radius 3 is 2.94 bits per heavy atom. The molecule has 0 amide bonds. The number of rotatable bonds is 6. The van der Waals surface area contributed by atoms with Crippen molar-refractivity contribution in [3.05, 3.63) is 0 Å². The molecule has 3 heteroatoms. The lowest BCUT2D eigenvalue weighted by atomic mass is 9.89. The minimum atomic E-state index is 0.816. The average molecular weight is 240 g/mol. The lowest BCUT2D eigenvalue weighted by Gasteiger charge is -2.35. The third-order valence-electron chi connectivity index (χ3n) is 4.28. The van der Waals surface area contributed by atoms with E-state index in [9.17, 15) is 0 Å². The second-order valence-electron chi connectivity index (χ2n) is 5.61. The smallest absolute Gasteiger partial charge is 0.0462 e. The Bertz CT molecular complexity index is 204. The van der Waals surface area contributed by atoms with Gasteiger partial charge in [0.05, 0.1) is 0 Å². The Labute approximate surface area is 106 Å². The molecule has 2 atom stereocenters. The number of nitrogens with one attached hydrogen (secondary N) is 1. The van der Waals surface area contributed by atoms with Crippen LogP contribution in [-0.4, -0.2) is 50.8 Å². The van der Waals surface area contributed by atoms with E-state index in [0.29, 0.717) is 0 Å². The van der Waals surface area contributed by atoms with E-state index in [0.717, 1.165) is 18.6 Å². The topological polar surface area (TPSA) is 24.5 Å². The van der Waals surface area contributed by atoms with Gasteiger partial charge in [0.15, 0.2) is 0 Å². The van der Waals surface area contributed by atoms with Crippen LogP contribution in [0, 0.1) is 5.92 Å². The molecular formula is C14H28N2O. The number of hydrogen-bond acceptors (Lipinski definition) is 3.